The molecule has 1 heterocycles. The van der Waals surface area contributed by atoms with Gasteiger partial charge in [0.2, 0.25) is 5.69 Å². The van der Waals surface area contributed by atoms with E-state index in [1.807, 2.05) is 32.9 Å². The molecule has 0 aliphatic heterocycles. The summed E-state index contributed by atoms with van der Waals surface area (Å²) in [5.74, 6) is -1.32. The fourth-order valence-electron chi connectivity index (χ4n) is 3.38. The summed E-state index contributed by atoms with van der Waals surface area (Å²) in [5.41, 5.74) is 3.36. The predicted octanol–water partition coefficient (Wildman–Crippen LogP) is 4.11. The second-order valence-corrected chi connectivity index (χ2v) is 8.33. The maximum Gasteiger partial charge on any atom is 0.362 e. The van der Waals surface area contributed by atoms with Crippen LogP contribution < -0.4 is 15.6 Å². The molecule has 3 rings (SSSR count). The second kappa shape index (κ2) is 10.4. The van der Waals surface area contributed by atoms with Crippen LogP contribution in [-0.4, -0.2) is 34.9 Å². The summed E-state index contributed by atoms with van der Waals surface area (Å²) in [5, 5.41) is 6.97. The van der Waals surface area contributed by atoms with E-state index in [9.17, 15) is 14.4 Å². The third kappa shape index (κ3) is 5.87. The molecule has 1 N–H and O–H groups in total. The highest BCUT2D eigenvalue weighted by molar-refractivity contribution is 9.10. The Balaban J connectivity index is 1.87. The maximum absolute atomic E-state index is 12.7. The summed E-state index contributed by atoms with van der Waals surface area (Å²) in [6.07, 6.45) is 0. The van der Waals surface area contributed by atoms with Crippen LogP contribution in [0.2, 0.25) is 0 Å². The van der Waals surface area contributed by atoms with Crippen LogP contribution in [0.4, 0.5) is 5.69 Å². The second-order valence-electron chi connectivity index (χ2n) is 7.42. The molecular weight excluding hydrogens is 490 g/mol. The molecule has 0 saturated heterocycles. The van der Waals surface area contributed by atoms with Crippen molar-refractivity contribution in [1.29, 1.82) is 0 Å². The molecule has 0 unspecified atom stereocenters. The number of hydrogen-bond acceptors (Lipinski definition) is 6. The fraction of sp³-hybridized carbons (Fsp3) is 0.250. The molecule has 0 fully saturated rings. The van der Waals surface area contributed by atoms with Crippen molar-refractivity contribution in [3.05, 3.63) is 79.7 Å². The Morgan fingerprint density at radius 2 is 1.79 bits per heavy atom. The molecule has 1 amide bonds. The standard InChI is InChI=1S/C24H24BrN3O5/c1-5-32-24(31)23-19(12-21(30)28(27-23)18-8-6-7-17(25)11-18)33-13-20(29)26-22-15(3)9-14(2)10-16(22)4/h6-12H,5,13H2,1-4H3,(H,26,29). The molecule has 0 spiro atoms. The zero-order valence-electron chi connectivity index (χ0n) is 18.8. The molecule has 0 bridgehead atoms. The average molecular weight is 514 g/mol. The Labute approximate surface area is 199 Å². The van der Waals surface area contributed by atoms with Gasteiger partial charge in [0.1, 0.15) is 0 Å². The molecular formula is C24H24BrN3O5. The van der Waals surface area contributed by atoms with E-state index in [-0.39, 0.29) is 18.1 Å². The van der Waals surface area contributed by atoms with E-state index < -0.39 is 24.0 Å². The van der Waals surface area contributed by atoms with Crippen LogP contribution in [0.1, 0.15) is 34.1 Å². The predicted molar refractivity (Wildman–Crippen MR) is 128 cm³/mol. The lowest BCUT2D eigenvalue weighted by molar-refractivity contribution is -0.118. The third-order valence-corrected chi connectivity index (χ3v) is 5.21. The van der Waals surface area contributed by atoms with Crippen molar-refractivity contribution in [3.63, 3.8) is 0 Å². The first-order chi connectivity index (χ1) is 15.7. The minimum atomic E-state index is -0.762. The normalized spacial score (nSPS) is 10.6. The van der Waals surface area contributed by atoms with E-state index in [0.717, 1.165) is 31.9 Å². The number of nitrogens with zero attached hydrogens (tertiary/aromatic N) is 2. The highest BCUT2D eigenvalue weighted by atomic mass is 79.9. The summed E-state index contributed by atoms with van der Waals surface area (Å²) in [4.78, 5) is 37.7. The van der Waals surface area contributed by atoms with Crippen LogP contribution in [-0.2, 0) is 9.53 Å². The molecule has 0 aliphatic rings. The van der Waals surface area contributed by atoms with E-state index >= 15 is 0 Å². The van der Waals surface area contributed by atoms with Gasteiger partial charge in [-0.1, -0.05) is 39.7 Å². The molecule has 9 heteroatoms. The van der Waals surface area contributed by atoms with E-state index in [2.05, 4.69) is 26.3 Å². The van der Waals surface area contributed by atoms with Crippen molar-refractivity contribution < 1.29 is 19.1 Å². The van der Waals surface area contributed by atoms with Crippen molar-refractivity contribution in [3.8, 4) is 11.4 Å². The Morgan fingerprint density at radius 3 is 2.42 bits per heavy atom. The molecule has 0 atom stereocenters. The van der Waals surface area contributed by atoms with Crippen LogP contribution in [0.3, 0.4) is 0 Å². The van der Waals surface area contributed by atoms with Gasteiger partial charge in [-0.15, -0.1) is 0 Å². The highest BCUT2D eigenvalue weighted by Gasteiger charge is 2.21. The van der Waals surface area contributed by atoms with E-state index in [0.29, 0.717) is 11.4 Å². The van der Waals surface area contributed by atoms with Gasteiger partial charge in [0.05, 0.1) is 18.4 Å². The van der Waals surface area contributed by atoms with E-state index in [4.69, 9.17) is 9.47 Å². The van der Waals surface area contributed by atoms with Crippen molar-refractivity contribution in [2.24, 2.45) is 0 Å². The quantitative estimate of drug-likeness (QED) is 0.477. The summed E-state index contributed by atoms with van der Waals surface area (Å²) >= 11 is 3.35. The molecule has 0 aliphatic carbocycles. The molecule has 2 aromatic carbocycles. The first kappa shape index (κ1) is 24.2. The van der Waals surface area contributed by atoms with Crippen molar-refractivity contribution in [2.75, 3.05) is 18.5 Å². The zero-order valence-corrected chi connectivity index (χ0v) is 20.4. The molecule has 3 aromatic rings. The lowest BCUT2D eigenvalue weighted by Crippen LogP contribution is -2.27. The van der Waals surface area contributed by atoms with E-state index in [1.54, 1.807) is 31.2 Å². The molecule has 1 aromatic heterocycles. The summed E-state index contributed by atoms with van der Waals surface area (Å²) < 4.78 is 12.4. The average Bonchev–Trinajstić information content (AvgIpc) is 2.75. The number of benzene rings is 2. The summed E-state index contributed by atoms with van der Waals surface area (Å²) in [6, 6.07) is 11.9. The number of carbonyl (C=O) groups is 2. The Kier molecular flexibility index (Phi) is 7.65. The number of amides is 1. The minimum Gasteiger partial charge on any atom is -0.481 e. The lowest BCUT2D eigenvalue weighted by atomic mass is 10.1. The van der Waals surface area contributed by atoms with E-state index in [1.165, 1.54) is 0 Å². The first-order valence-electron chi connectivity index (χ1n) is 10.3. The van der Waals surface area contributed by atoms with Gasteiger partial charge in [-0.05, 0) is 57.0 Å². The number of ether oxygens (including phenoxy) is 2. The van der Waals surface area contributed by atoms with Crippen molar-refractivity contribution >= 4 is 33.5 Å². The highest BCUT2D eigenvalue weighted by Crippen LogP contribution is 2.22. The Bertz CT molecular complexity index is 1250. The fourth-order valence-corrected chi connectivity index (χ4v) is 3.77. The molecule has 0 saturated carbocycles. The molecule has 33 heavy (non-hydrogen) atoms. The van der Waals surface area contributed by atoms with Gasteiger partial charge >= 0.3 is 5.97 Å². The van der Waals surface area contributed by atoms with Gasteiger partial charge in [-0.3, -0.25) is 9.59 Å². The third-order valence-electron chi connectivity index (χ3n) is 4.72. The number of halogens is 1. The van der Waals surface area contributed by atoms with Gasteiger partial charge in [0, 0.05) is 10.2 Å². The molecule has 8 nitrogen and oxygen atoms in total. The zero-order chi connectivity index (χ0) is 24.1. The van der Waals surface area contributed by atoms with Gasteiger partial charge in [0.15, 0.2) is 12.4 Å². The lowest BCUT2D eigenvalue weighted by Gasteiger charge is -2.15. The molecule has 172 valence electrons. The number of anilines is 1. The van der Waals surface area contributed by atoms with Gasteiger partial charge in [-0.2, -0.15) is 9.78 Å². The van der Waals surface area contributed by atoms with Crippen LogP contribution >= 0.6 is 15.9 Å². The van der Waals surface area contributed by atoms with Crippen LogP contribution in [0.25, 0.3) is 5.69 Å². The SMILES string of the molecule is CCOC(=O)c1nn(-c2cccc(Br)c2)c(=O)cc1OCC(=O)Nc1c(C)cc(C)cc1C. The largest absolute Gasteiger partial charge is 0.481 e. The smallest absolute Gasteiger partial charge is 0.362 e. The molecule has 0 radical (unpaired) electrons. The first-order valence-corrected chi connectivity index (χ1v) is 11.1. The van der Waals surface area contributed by atoms with Gasteiger partial charge < -0.3 is 14.8 Å². The van der Waals surface area contributed by atoms with Gasteiger partial charge in [0.25, 0.3) is 11.5 Å². The summed E-state index contributed by atoms with van der Waals surface area (Å²) in [6.45, 7) is 7.14. The van der Waals surface area contributed by atoms with Gasteiger partial charge in [-0.25, -0.2) is 4.79 Å². The number of esters is 1. The number of nitrogens with one attached hydrogen (secondary N) is 1. The van der Waals surface area contributed by atoms with Crippen LogP contribution in [0.5, 0.6) is 5.75 Å². The van der Waals surface area contributed by atoms with Crippen molar-refractivity contribution in [1.82, 2.24) is 9.78 Å². The topological polar surface area (TPSA) is 99.5 Å². The number of aryl methyl sites for hydroxylation is 3. The number of aromatic nitrogens is 2. The number of hydrogen-bond donors (Lipinski definition) is 1. The Morgan fingerprint density at radius 1 is 1.09 bits per heavy atom. The number of rotatable bonds is 7. The summed E-state index contributed by atoms with van der Waals surface area (Å²) in [7, 11) is 0. The number of carbonyl (C=O) groups excluding carboxylic acids is 2. The monoisotopic (exact) mass is 513 g/mol. The van der Waals surface area contributed by atoms with Crippen molar-refractivity contribution in [2.45, 2.75) is 27.7 Å². The minimum absolute atomic E-state index is 0.114. The van der Waals surface area contributed by atoms with Crippen LogP contribution in [0, 0.1) is 20.8 Å². The Hall–Kier alpha value is -3.46. The van der Waals surface area contributed by atoms with Crippen LogP contribution in [0.15, 0.2) is 51.7 Å². The maximum atomic E-state index is 12.7.